The molecule has 2 unspecified atom stereocenters. The SMILES string of the molecule is Cc1ccc(C(=O)N2CCCC(C)C2CO)c(C)c1. The molecule has 1 aliphatic rings. The molecule has 1 amide bonds. The molecule has 104 valence electrons. The molecule has 0 aromatic heterocycles. The van der Waals surface area contributed by atoms with Crippen molar-refractivity contribution in [2.75, 3.05) is 13.2 Å². The van der Waals surface area contributed by atoms with Gasteiger partial charge in [-0.2, -0.15) is 0 Å². The van der Waals surface area contributed by atoms with Crippen LogP contribution in [-0.2, 0) is 0 Å². The fourth-order valence-corrected chi connectivity index (χ4v) is 2.99. The van der Waals surface area contributed by atoms with Gasteiger partial charge in [-0.1, -0.05) is 24.6 Å². The first-order chi connectivity index (χ1) is 9.04. The number of aryl methyl sites for hydroxylation is 2. The molecule has 1 aliphatic heterocycles. The van der Waals surface area contributed by atoms with Crippen LogP contribution >= 0.6 is 0 Å². The van der Waals surface area contributed by atoms with Gasteiger partial charge in [0.05, 0.1) is 12.6 Å². The molecule has 3 heteroatoms. The van der Waals surface area contributed by atoms with Crippen LogP contribution in [0.25, 0.3) is 0 Å². The highest BCUT2D eigenvalue weighted by molar-refractivity contribution is 5.96. The lowest BCUT2D eigenvalue weighted by molar-refractivity contribution is 0.0358. The minimum absolute atomic E-state index is 0.0399. The van der Waals surface area contributed by atoms with E-state index in [0.717, 1.165) is 30.5 Å². The average molecular weight is 261 g/mol. The van der Waals surface area contributed by atoms with E-state index >= 15 is 0 Å². The van der Waals surface area contributed by atoms with Crippen LogP contribution in [0.4, 0.5) is 0 Å². The van der Waals surface area contributed by atoms with Crippen molar-refractivity contribution >= 4 is 5.91 Å². The van der Waals surface area contributed by atoms with E-state index in [2.05, 4.69) is 6.92 Å². The Morgan fingerprint density at radius 1 is 1.42 bits per heavy atom. The Bertz CT molecular complexity index is 470. The fourth-order valence-electron chi connectivity index (χ4n) is 2.99. The monoisotopic (exact) mass is 261 g/mol. The first kappa shape index (κ1) is 14.1. The molecule has 1 N–H and O–H groups in total. The zero-order valence-corrected chi connectivity index (χ0v) is 12.0. The normalized spacial score (nSPS) is 23.5. The van der Waals surface area contributed by atoms with Gasteiger partial charge in [-0.25, -0.2) is 0 Å². The summed E-state index contributed by atoms with van der Waals surface area (Å²) in [5, 5.41) is 9.55. The molecule has 0 aliphatic carbocycles. The summed E-state index contributed by atoms with van der Waals surface area (Å²) in [5.74, 6) is 0.427. The molecule has 1 aromatic rings. The van der Waals surface area contributed by atoms with Gasteiger partial charge in [-0.05, 0) is 44.2 Å². The zero-order chi connectivity index (χ0) is 14.0. The number of hydrogen-bond acceptors (Lipinski definition) is 2. The number of benzene rings is 1. The van der Waals surface area contributed by atoms with E-state index in [4.69, 9.17) is 0 Å². The summed E-state index contributed by atoms with van der Waals surface area (Å²) in [4.78, 5) is 14.5. The van der Waals surface area contributed by atoms with Gasteiger partial charge in [0.25, 0.3) is 5.91 Å². The predicted octanol–water partition coefficient (Wildman–Crippen LogP) is 2.54. The quantitative estimate of drug-likeness (QED) is 0.888. The average Bonchev–Trinajstić information content (AvgIpc) is 2.37. The summed E-state index contributed by atoms with van der Waals surface area (Å²) in [5.41, 5.74) is 2.94. The summed E-state index contributed by atoms with van der Waals surface area (Å²) >= 11 is 0. The van der Waals surface area contributed by atoms with Crippen LogP contribution in [0.3, 0.4) is 0 Å². The van der Waals surface area contributed by atoms with Gasteiger partial charge in [-0.3, -0.25) is 4.79 Å². The first-order valence-corrected chi connectivity index (χ1v) is 7.03. The second-order valence-electron chi connectivity index (χ2n) is 5.69. The van der Waals surface area contributed by atoms with Crippen LogP contribution in [0.2, 0.25) is 0 Å². The molecule has 0 radical (unpaired) electrons. The smallest absolute Gasteiger partial charge is 0.254 e. The third kappa shape index (κ3) is 2.81. The Morgan fingerprint density at radius 3 is 2.79 bits per heavy atom. The Hall–Kier alpha value is -1.35. The van der Waals surface area contributed by atoms with Gasteiger partial charge in [0, 0.05) is 12.1 Å². The lowest BCUT2D eigenvalue weighted by Crippen LogP contribution is -2.49. The van der Waals surface area contributed by atoms with Gasteiger partial charge in [0.15, 0.2) is 0 Å². The van der Waals surface area contributed by atoms with Gasteiger partial charge >= 0.3 is 0 Å². The highest BCUT2D eigenvalue weighted by Gasteiger charge is 2.32. The molecule has 19 heavy (non-hydrogen) atoms. The predicted molar refractivity (Wildman–Crippen MR) is 76.2 cm³/mol. The highest BCUT2D eigenvalue weighted by Crippen LogP contribution is 2.25. The summed E-state index contributed by atoms with van der Waals surface area (Å²) in [6, 6.07) is 5.87. The summed E-state index contributed by atoms with van der Waals surface area (Å²) in [6.07, 6.45) is 2.11. The number of carbonyl (C=O) groups is 1. The van der Waals surface area contributed by atoms with Crippen LogP contribution in [0.5, 0.6) is 0 Å². The highest BCUT2D eigenvalue weighted by atomic mass is 16.3. The topological polar surface area (TPSA) is 40.5 Å². The molecule has 3 nitrogen and oxygen atoms in total. The summed E-state index contributed by atoms with van der Waals surface area (Å²) in [7, 11) is 0. The third-order valence-corrected chi connectivity index (χ3v) is 4.18. The van der Waals surface area contributed by atoms with Crippen molar-refractivity contribution in [2.24, 2.45) is 5.92 Å². The largest absolute Gasteiger partial charge is 0.394 e. The molecule has 2 atom stereocenters. The Kier molecular flexibility index (Phi) is 4.25. The minimum atomic E-state index is -0.0399. The summed E-state index contributed by atoms with van der Waals surface area (Å²) in [6.45, 7) is 6.92. The number of nitrogens with zero attached hydrogens (tertiary/aromatic N) is 1. The fraction of sp³-hybridized carbons (Fsp3) is 0.562. The number of amides is 1. The number of aliphatic hydroxyl groups excluding tert-OH is 1. The second-order valence-corrected chi connectivity index (χ2v) is 5.69. The molecule has 2 rings (SSSR count). The van der Waals surface area contributed by atoms with Gasteiger partial charge in [0.2, 0.25) is 0 Å². The van der Waals surface area contributed by atoms with Crippen LogP contribution in [0.15, 0.2) is 18.2 Å². The number of hydrogen-bond donors (Lipinski definition) is 1. The Labute approximate surface area is 115 Å². The molecule has 1 heterocycles. The third-order valence-electron chi connectivity index (χ3n) is 4.18. The van der Waals surface area contributed by atoms with E-state index in [9.17, 15) is 9.90 Å². The number of rotatable bonds is 2. The van der Waals surface area contributed by atoms with E-state index in [1.807, 2.05) is 36.9 Å². The molecule has 0 spiro atoms. The number of aliphatic hydroxyl groups is 1. The molecule has 1 saturated heterocycles. The molecular formula is C16H23NO2. The molecular weight excluding hydrogens is 238 g/mol. The lowest BCUT2D eigenvalue weighted by Gasteiger charge is -2.39. The van der Waals surface area contributed by atoms with E-state index in [-0.39, 0.29) is 18.6 Å². The lowest BCUT2D eigenvalue weighted by atomic mass is 9.90. The Morgan fingerprint density at radius 2 is 2.16 bits per heavy atom. The van der Waals surface area contributed by atoms with Crippen LogP contribution in [-0.4, -0.2) is 35.1 Å². The van der Waals surface area contributed by atoms with Crippen molar-refractivity contribution in [1.29, 1.82) is 0 Å². The van der Waals surface area contributed by atoms with Crippen LogP contribution < -0.4 is 0 Å². The van der Waals surface area contributed by atoms with Crippen LogP contribution in [0, 0.1) is 19.8 Å². The number of piperidine rings is 1. The molecule has 0 bridgehead atoms. The van der Waals surface area contributed by atoms with Gasteiger partial charge in [0.1, 0.15) is 0 Å². The maximum absolute atomic E-state index is 12.7. The van der Waals surface area contributed by atoms with Crippen molar-refractivity contribution in [3.63, 3.8) is 0 Å². The van der Waals surface area contributed by atoms with Gasteiger partial charge in [-0.15, -0.1) is 0 Å². The second kappa shape index (κ2) is 5.74. The first-order valence-electron chi connectivity index (χ1n) is 7.03. The standard InChI is InChI=1S/C16H23NO2/c1-11-6-7-14(13(3)9-11)16(19)17-8-4-5-12(2)15(17)10-18/h6-7,9,12,15,18H,4-5,8,10H2,1-3H3. The summed E-state index contributed by atoms with van der Waals surface area (Å²) < 4.78 is 0. The molecule has 1 aromatic carbocycles. The van der Waals surface area contributed by atoms with Crippen molar-refractivity contribution in [3.05, 3.63) is 34.9 Å². The maximum Gasteiger partial charge on any atom is 0.254 e. The Balaban J connectivity index is 2.27. The number of likely N-dealkylation sites (tertiary alicyclic amines) is 1. The van der Waals surface area contributed by atoms with Gasteiger partial charge < -0.3 is 10.0 Å². The van der Waals surface area contributed by atoms with E-state index in [1.165, 1.54) is 5.56 Å². The van der Waals surface area contributed by atoms with Crippen LogP contribution in [0.1, 0.15) is 41.3 Å². The number of carbonyl (C=O) groups excluding carboxylic acids is 1. The van der Waals surface area contributed by atoms with Crippen molar-refractivity contribution < 1.29 is 9.90 Å². The van der Waals surface area contributed by atoms with Crippen molar-refractivity contribution in [3.8, 4) is 0 Å². The molecule has 0 saturated carbocycles. The van der Waals surface area contributed by atoms with Crippen molar-refractivity contribution in [2.45, 2.75) is 39.7 Å². The zero-order valence-electron chi connectivity index (χ0n) is 12.0. The minimum Gasteiger partial charge on any atom is -0.394 e. The van der Waals surface area contributed by atoms with Crippen molar-refractivity contribution in [1.82, 2.24) is 4.90 Å². The van der Waals surface area contributed by atoms with E-state index in [0.29, 0.717) is 5.92 Å². The van der Waals surface area contributed by atoms with E-state index in [1.54, 1.807) is 0 Å². The maximum atomic E-state index is 12.7. The van der Waals surface area contributed by atoms with E-state index < -0.39 is 0 Å². The molecule has 1 fully saturated rings.